The number of primary amides is 1. The Morgan fingerprint density at radius 1 is 1.28 bits per heavy atom. The molecule has 0 unspecified atom stereocenters. The van der Waals surface area contributed by atoms with Crippen molar-refractivity contribution in [2.24, 2.45) is 11.7 Å². The minimum absolute atomic E-state index is 0.224. The van der Waals surface area contributed by atoms with E-state index < -0.39 is 5.91 Å². The summed E-state index contributed by atoms with van der Waals surface area (Å²) < 4.78 is 11.6. The first-order chi connectivity index (χ1) is 12.0. The van der Waals surface area contributed by atoms with Crippen molar-refractivity contribution in [1.29, 1.82) is 0 Å². The molecule has 6 nitrogen and oxygen atoms in total. The van der Waals surface area contributed by atoms with Crippen LogP contribution >= 0.6 is 15.9 Å². The van der Waals surface area contributed by atoms with E-state index in [1.54, 1.807) is 25.3 Å². The van der Waals surface area contributed by atoms with E-state index in [9.17, 15) is 9.59 Å². The highest BCUT2D eigenvalue weighted by Crippen LogP contribution is 2.31. The fourth-order valence-electron chi connectivity index (χ4n) is 2.73. The summed E-state index contributed by atoms with van der Waals surface area (Å²) in [4.78, 5) is 24.2. The van der Waals surface area contributed by atoms with Crippen LogP contribution in [0.3, 0.4) is 0 Å². The summed E-state index contributed by atoms with van der Waals surface area (Å²) in [6.07, 6.45) is 0.529. The van der Waals surface area contributed by atoms with Crippen molar-refractivity contribution in [3.63, 3.8) is 0 Å². The van der Waals surface area contributed by atoms with E-state index in [2.05, 4.69) is 21.2 Å². The molecule has 1 heterocycles. The van der Waals surface area contributed by atoms with Crippen LogP contribution in [0.1, 0.15) is 15.9 Å². The Bertz CT molecular complexity index is 838. The van der Waals surface area contributed by atoms with Crippen LogP contribution in [-0.2, 0) is 11.2 Å². The lowest BCUT2D eigenvalue weighted by atomic mass is 9.95. The summed E-state index contributed by atoms with van der Waals surface area (Å²) in [5.41, 5.74) is 6.93. The fourth-order valence-corrected chi connectivity index (χ4v) is 3.09. The van der Waals surface area contributed by atoms with Gasteiger partial charge >= 0.3 is 0 Å². The Morgan fingerprint density at radius 3 is 2.80 bits per heavy atom. The average Bonchev–Trinajstić information content (AvgIpc) is 2.61. The van der Waals surface area contributed by atoms with Gasteiger partial charge < -0.3 is 20.5 Å². The molecule has 3 N–H and O–H groups in total. The highest BCUT2D eigenvalue weighted by molar-refractivity contribution is 9.10. The standard InChI is InChI=1S/C18H17BrN2O4/c1-24-13-3-5-16-10(7-13)6-11(9-25-16)18(23)21-15-4-2-12(19)8-14(15)17(20)22/h2-5,7-8,11H,6,9H2,1H3,(H2,20,22)(H,21,23)/t11-/m1/s1. The molecule has 3 rings (SSSR count). The number of nitrogens with two attached hydrogens (primary N) is 1. The molecule has 1 atom stereocenters. The van der Waals surface area contributed by atoms with Gasteiger partial charge in [0.25, 0.3) is 5.91 Å². The lowest BCUT2D eigenvalue weighted by Gasteiger charge is -2.25. The van der Waals surface area contributed by atoms with Gasteiger partial charge in [0.1, 0.15) is 18.1 Å². The largest absolute Gasteiger partial charge is 0.497 e. The SMILES string of the molecule is COc1ccc2c(c1)C[C@@H](C(=O)Nc1ccc(Br)cc1C(N)=O)CO2. The number of methoxy groups -OCH3 is 1. The number of benzene rings is 2. The Hall–Kier alpha value is -2.54. The molecule has 1 aliphatic rings. The van der Waals surface area contributed by atoms with E-state index in [1.807, 2.05) is 18.2 Å². The third kappa shape index (κ3) is 3.76. The van der Waals surface area contributed by atoms with Crippen molar-refractivity contribution in [2.45, 2.75) is 6.42 Å². The Labute approximate surface area is 153 Å². The van der Waals surface area contributed by atoms with Crippen LogP contribution in [0.2, 0.25) is 0 Å². The first-order valence-corrected chi connectivity index (χ1v) is 8.47. The molecule has 2 amide bonds. The minimum atomic E-state index is -0.605. The maximum absolute atomic E-state index is 12.6. The number of hydrogen-bond acceptors (Lipinski definition) is 4. The molecule has 2 aromatic rings. The number of carbonyl (C=O) groups excluding carboxylic acids is 2. The summed E-state index contributed by atoms with van der Waals surface area (Å²) in [5, 5.41) is 2.78. The third-order valence-electron chi connectivity index (χ3n) is 4.05. The zero-order chi connectivity index (χ0) is 18.0. The quantitative estimate of drug-likeness (QED) is 0.819. The van der Waals surface area contributed by atoms with Gasteiger partial charge in [0, 0.05) is 4.47 Å². The number of halogens is 1. The molecule has 0 saturated carbocycles. The van der Waals surface area contributed by atoms with Gasteiger partial charge in [-0.3, -0.25) is 9.59 Å². The normalized spacial score (nSPS) is 15.7. The summed E-state index contributed by atoms with van der Waals surface area (Å²) in [6.45, 7) is 0.271. The number of anilines is 1. The average molecular weight is 405 g/mol. The molecule has 0 fully saturated rings. The fraction of sp³-hybridized carbons (Fsp3) is 0.222. The van der Waals surface area contributed by atoms with E-state index >= 15 is 0 Å². The monoisotopic (exact) mass is 404 g/mol. The highest BCUT2D eigenvalue weighted by atomic mass is 79.9. The van der Waals surface area contributed by atoms with Crippen molar-refractivity contribution in [1.82, 2.24) is 0 Å². The molecule has 0 aromatic heterocycles. The highest BCUT2D eigenvalue weighted by Gasteiger charge is 2.27. The van der Waals surface area contributed by atoms with Gasteiger partial charge in [-0.2, -0.15) is 0 Å². The van der Waals surface area contributed by atoms with Crippen molar-refractivity contribution in [3.8, 4) is 11.5 Å². The molecular weight excluding hydrogens is 388 g/mol. The van der Waals surface area contributed by atoms with Crippen molar-refractivity contribution >= 4 is 33.4 Å². The molecule has 0 spiro atoms. The van der Waals surface area contributed by atoms with Crippen LogP contribution < -0.4 is 20.5 Å². The topological polar surface area (TPSA) is 90.6 Å². The number of carbonyl (C=O) groups is 2. The predicted octanol–water partition coefficient (Wildman–Crippen LogP) is 2.75. The molecule has 2 aromatic carbocycles. The Kier molecular flexibility index (Phi) is 4.94. The van der Waals surface area contributed by atoms with Gasteiger partial charge in [-0.1, -0.05) is 15.9 Å². The second-order valence-corrected chi connectivity index (χ2v) is 6.64. The lowest BCUT2D eigenvalue weighted by molar-refractivity contribution is -0.121. The second kappa shape index (κ2) is 7.14. The van der Waals surface area contributed by atoms with Crippen LogP contribution in [0, 0.1) is 5.92 Å². The number of amides is 2. The van der Waals surface area contributed by atoms with Gasteiger partial charge in [-0.15, -0.1) is 0 Å². The summed E-state index contributed by atoms with van der Waals surface area (Å²) in [5.74, 6) is 0.271. The van der Waals surface area contributed by atoms with E-state index in [1.165, 1.54) is 0 Å². The smallest absolute Gasteiger partial charge is 0.250 e. The molecule has 25 heavy (non-hydrogen) atoms. The summed E-state index contributed by atoms with van der Waals surface area (Å²) >= 11 is 3.29. The van der Waals surface area contributed by atoms with Gasteiger partial charge in [0.2, 0.25) is 5.91 Å². The van der Waals surface area contributed by atoms with Crippen molar-refractivity contribution in [3.05, 3.63) is 52.0 Å². The van der Waals surface area contributed by atoms with E-state index in [0.29, 0.717) is 22.3 Å². The van der Waals surface area contributed by atoms with Gasteiger partial charge in [0.05, 0.1) is 24.3 Å². The molecule has 0 saturated heterocycles. The first kappa shape index (κ1) is 17.3. The zero-order valence-electron chi connectivity index (χ0n) is 13.5. The first-order valence-electron chi connectivity index (χ1n) is 7.68. The van der Waals surface area contributed by atoms with Gasteiger partial charge in [-0.05, 0) is 48.4 Å². The molecule has 130 valence electrons. The molecule has 0 radical (unpaired) electrons. The number of rotatable bonds is 4. The molecule has 1 aliphatic heterocycles. The van der Waals surface area contributed by atoms with Crippen LogP contribution in [0.15, 0.2) is 40.9 Å². The Morgan fingerprint density at radius 2 is 2.08 bits per heavy atom. The van der Waals surface area contributed by atoms with Crippen LogP contribution in [0.25, 0.3) is 0 Å². The molecular formula is C18H17BrN2O4. The third-order valence-corrected chi connectivity index (χ3v) is 4.54. The molecule has 7 heteroatoms. The van der Waals surface area contributed by atoms with Gasteiger partial charge in [-0.25, -0.2) is 0 Å². The molecule has 0 aliphatic carbocycles. The van der Waals surface area contributed by atoms with E-state index in [4.69, 9.17) is 15.2 Å². The maximum Gasteiger partial charge on any atom is 0.250 e. The van der Waals surface area contributed by atoms with E-state index in [0.717, 1.165) is 11.3 Å². The van der Waals surface area contributed by atoms with Crippen LogP contribution in [-0.4, -0.2) is 25.5 Å². The van der Waals surface area contributed by atoms with Crippen molar-refractivity contribution < 1.29 is 19.1 Å². The molecule has 0 bridgehead atoms. The van der Waals surface area contributed by atoms with Crippen LogP contribution in [0.5, 0.6) is 11.5 Å². The summed E-state index contributed by atoms with van der Waals surface area (Å²) in [7, 11) is 1.59. The van der Waals surface area contributed by atoms with Crippen LogP contribution in [0.4, 0.5) is 5.69 Å². The Balaban J connectivity index is 1.77. The lowest BCUT2D eigenvalue weighted by Crippen LogP contribution is -2.33. The maximum atomic E-state index is 12.6. The second-order valence-electron chi connectivity index (χ2n) is 5.73. The van der Waals surface area contributed by atoms with Crippen molar-refractivity contribution in [2.75, 3.05) is 19.0 Å². The van der Waals surface area contributed by atoms with Gasteiger partial charge in [0.15, 0.2) is 0 Å². The number of fused-ring (bicyclic) bond motifs is 1. The van der Waals surface area contributed by atoms with E-state index in [-0.39, 0.29) is 24.0 Å². The zero-order valence-corrected chi connectivity index (χ0v) is 15.1. The number of nitrogens with one attached hydrogen (secondary N) is 1. The predicted molar refractivity (Wildman–Crippen MR) is 97.0 cm³/mol. The number of ether oxygens (including phenoxy) is 2. The summed E-state index contributed by atoms with van der Waals surface area (Å²) in [6, 6.07) is 10.5. The number of hydrogen-bond donors (Lipinski definition) is 2. The minimum Gasteiger partial charge on any atom is -0.497 e.